The lowest BCUT2D eigenvalue weighted by atomic mass is 10.1. The summed E-state index contributed by atoms with van der Waals surface area (Å²) >= 11 is 4.36. The molecular weight excluding hydrogens is 356 g/mol. The zero-order valence-electron chi connectivity index (χ0n) is 14.2. The van der Waals surface area contributed by atoms with Crippen molar-refractivity contribution in [3.8, 4) is 0 Å². The second-order valence-electron chi connectivity index (χ2n) is 6.56. The van der Waals surface area contributed by atoms with Crippen LogP contribution in [0.5, 0.6) is 0 Å². The fraction of sp³-hybridized carbons (Fsp3) is 0.500. The van der Waals surface area contributed by atoms with E-state index in [4.69, 9.17) is 4.74 Å². The monoisotopic (exact) mass is 378 g/mol. The fourth-order valence-electron chi connectivity index (χ4n) is 3.44. The summed E-state index contributed by atoms with van der Waals surface area (Å²) in [6.45, 7) is 0.292. The highest BCUT2D eigenvalue weighted by atomic mass is 32.1. The number of fused-ring (bicyclic) bond motifs is 1. The molecule has 0 aliphatic carbocycles. The van der Waals surface area contributed by atoms with Gasteiger partial charge in [-0.2, -0.15) is 12.6 Å². The van der Waals surface area contributed by atoms with Gasteiger partial charge in [-0.15, -0.1) is 0 Å². The second kappa shape index (κ2) is 8.09. The van der Waals surface area contributed by atoms with E-state index in [2.05, 4.69) is 17.9 Å². The number of carboxylic acids is 1. The fourth-order valence-corrected chi connectivity index (χ4v) is 3.72. The third-order valence-corrected chi connectivity index (χ3v) is 5.20. The van der Waals surface area contributed by atoms with Crippen molar-refractivity contribution in [3.63, 3.8) is 0 Å². The number of nitrogens with one attached hydrogen (secondary N) is 1. The van der Waals surface area contributed by atoms with Crippen LogP contribution in [-0.2, 0) is 25.5 Å². The maximum absolute atomic E-state index is 12.8. The standard InChI is InChI=1S/C18H22N2O5S/c21-16(14(26)10-11-4-2-1-3-5-11)19-12-8-9-25-15-7-6-13(18(23)24)20(15)17(12)22/h1-5,12-15,26H,6-10H2,(H,19,21)(H,23,24)/t12-,13-,14-,15-/m0/s1. The van der Waals surface area contributed by atoms with Gasteiger partial charge in [-0.05, 0) is 24.8 Å². The summed E-state index contributed by atoms with van der Waals surface area (Å²) in [7, 11) is 0. The van der Waals surface area contributed by atoms with Gasteiger partial charge in [0.25, 0.3) is 0 Å². The number of nitrogens with zero attached hydrogens (tertiary/aromatic N) is 1. The van der Waals surface area contributed by atoms with Gasteiger partial charge in [-0.3, -0.25) is 9.59 Å². The van der Waals surface area contributed by atoms with Crippen molar-refractivity contribution < 1.29 is 24.2 Å². The van der Waals surface area contributed by atoms with Crippen LogP contribution in [0.1, 0.15) is 24.8 Å². The van der Waals surface area contributed by atoms with Gasteiger partial charge in [0.15, 0.2) is 0 Å². The molecular formula is C18H22N2O5S. The van der Waals surface area contributed by atoms with Gasteiger partial charge < -0.3 is 20.1 Å². The molecule has 2 saturated heterocycles. The summed E-state index contributed by atoms with van der Waals surface area (Å²) < 4.78 is 5.62. The van der Waals surface area contributed by atoms with Crippen LogP contribution in [0, 0.1) is 0 Å². The van der Waals surface area contributed by atoms with Crippen molar-refractivity contribution >= 4 is 30.4 Å². The third kappa shape index (κ3) is 4.02. The zero-order valence-corrected chi connectivity index (χ0v) is 15.1. The molecule has 140 valence electrons. The molecule has 0 radical (unpaired) electrons. The van der Waals surface area contributed by atoms with E-state index in [0.29, 0.717) is 32.3 Å². The van der Waals surface area contributed by atoms with Gasteiger partial charge in [0.2, 0.25) is 11.8 Å². The molecule has 4 atom stereocenters. The third-order valence-electron chi connectivity index (χ3n) is 4.78. The van der Waals surface area contributed by atoms with Crippen molar-refractivity contribution in [2.24, 2.45) is 0 Å². The van der Waals surface area contributed by atoms with Crippen LogP contribution < -0.4 is 5.32 Å². The summed E-state index contributed by atoms with van der Waals surface area (Å²) in [6.07, 6.45) is 1.08. The second-order valence-corrected chi connectivity index (χ2v) is 7.18. The molecule has 2 N–H and O–H groups in total. The van der Waals surface area contributed by atoms with Gasteiger partial charge in [-0.1, -0.05) is 30.3 Å². The highest BCUT2D eigenvalue weighted by Gasteiger charge is 2.45. The van der Waals surface area contributed by atoms with E-state index in [1.165, 1.54) is 4.90 Å². The molecule has 0 bridgehead atoms. The van der Waals surface area contributed by atoms with Crippen molar-refractivity contribution in [1.82, 2.24) is 10.2 Å². The number of benzene rings is 1. The molecule has 1 aromatic carbocycles. The van der Waals surface area contributed by atoms with E-state index < -0.39 is 35.4 Å². The molecule has 2 aliphatic rings. The topological polar surface area (TPSA) is 95.9 Å². The minimum absolute atomic E-state index is 0.292. The van der Waals surface area contributed by atoms with Crippen LogP contribution >= 0.6 is 12.6 Å². The molecule has 26 heavy (non-hydrogen) atoms. The van der Waals surface area contributed by atoms with Gasteiger partial charge in [0.05, 0.1) is 11.9 Å². The Hall–Kier alpha value is -2.06. The summed E-state index contributed by atoms with van der Waals surface area (Å²) in [5.74, 6) is -1.79. The van der Waals surface area contributed by atoms with Crippen LogP contribution in [0.2, 0.25) is 0 Å². The highest BCUT2D eigenvalue weighted by molar-refractivity contribution is 7.81. The van der Waals surface area contributed by atoms with Gasteiger partial charge in [-0.25, -0.2) is 4.79 Å². The smallest absolute Gasteiger partial charge is 0.326 e. The first-order chi connectivity index (χ1) is 12.5. The number of hydrogen-bond donors (Lipinski definition) is 3. The maximum Gasteiger partial charge on any atom is 0.326 e. The van der Waals surface area contributed by atoms with E-state index in [-0.39, 0.29) is 5.91 Å². The van der Waals surface area contributed by atoms with Crippen molar-refractivity contribution in [1.29, 1.82) is 0 Å². The molecule has 2 fully saturated rings. The van der Waals surface area contributed by atoms with Crippen LogP contribution in [-0.4, -0.2) is 58.0 Å². The molecule has 0 spiro atoms. The normalized spacial score (nSPS) is 26.7. The molecule has 0 aromatic heterocycles. The molecule has 8 heteroatoms. The highest BCUT2D eigenvalue weighted by Crippen LogP contribution is 2.29. The zero-order chi connectivity index (χ0) is 18.7. The molecule has 2 amide bonds. The molecule has 3 rings (SSSR count). The summed E-state index contributed by atoms with van der Waals surface area (Å²) in [4.78, 5) is 37.9. The Morgan fingerprint density at radius 3 is 2.69 bits per heavy atom. The molecule has 0 saturated carbocycles. The van der Waals surface area contributed by atoms with Crippen LogP contribution in [0.15, 0.2) is 30.3 Å². The summed E-state index contributed by atoms with van der Waals surface area (Å²) in [6, 6.07) is 7.80. The molecule has 2 heterocycles. The lowest BCUT2D eigenvalue weighted by Gasteiger charge is -2.28. The SMILES string of the molecule is O=C(N[C@H]1CCO[C@H]2CC[C@@H](C(=O)O)N2C1=O)[C@@H](S)Cc1ccccc1. The first kappa shape index (κ1) is 18.7. The Morgan fingerprint density at radius 2 is 2.00 bits per heavy atom. The van der Waals surface area contributed by atoms with Crippen molar-refractivity contribution in [2.75, 3.05) is 6.61 Å². The van der Waals surface area contributed by atoms with E-state index in [9.17, 15) is 19.5 Å². The Kier molecular flexibility index (Phi) is 5.83. The van der Waals surface area contributed by atoms with Gasteiger partial charge in [0.1, 0.15) is 18.3 Å². The van der Waals surface area contributed by atoms with Gasteiger partial charge in [0, 0.05) is 6.42 Å². The molecule has 1 aromatic rings. The van der Waals surface area contributed by atoms with Crippen LogP contribution in [0.4, 0.5) is 0 Å². The Labute approximate surface area is 157 Å². The number of carbonyl (C=O) groups excluding carboxylic acids is 2. The molecule has 0 unspecified atom stereocenters. The van der Waals surface area contributed by atoms with E-state index in [0.717, 1.165) is 5.56 Å². The largest absolute Gasteiger partial charge is 0.480 e. The van der Waals surface area contributed by atoms with E-state index >= 15 is 0 Å². The lowest BCUT2D eigenvalue weighted by molar-refractivity contribution is -0.155. The van der Waals surface area contributed by atoms with Gasteiger partial charge >= 0.3 is 5.97 Å². The van der Waals surface area contributed by atoms with Crippen LogP contribution in [0.3, 0.4) is 0 Å². The Bertz CT molecular complexity index is 683. The quantitative estimate of drug-likeness (QED) is 0.660. The summed E-state index contributed by atoms with van der Waals surface area (Å²) in [5, 5.41) is 11.5. The van der Waals surface area contributed by atoms with E-state index in [1.54, 1.807) is 0 Å². The minimum Gasteiger partial charge on any atom is -0.480 e. The average Bonchev–Trinajstić information content (AvgIpc) is 2.99. The molecule has 2 aliphatic heterocycles. The first-order valence-electron chi connectivity index (χ1n) is 8.66. The molecule has 7 nitrogen and oxygen atoms in total. The number of carboxylic acid groups (broad SMARTS) is 1. The Morgan fingerprint density at radius 1 is 1.27 bits per heavy atom. The van der Waals surface area contributed by atoms with Crippen LogP contribution in [0.25, 0.3) is 0 Å². The first-order valence-corrected chi connectivity index (χ1v) is 9.18. The van der Waals surface area contributed by atoms with E-state index in [1.807, 2.05) is 30.3 Å². The lowest BCUT2D eigenvalue weighted by Crippen LogP contribution is -2.53. The number of carbonyl (C=O) groups is 3. The number of thiol groups is 1. The number of rotatable bonds is 5. The number of hydrogen-bond acceptors (Lipinski definition) is 5. The number of aliphatic carboxylic acids is 1. The average molecular weight is 378 g/mol. The minimum atomic E-state index is -1.05. The van der Waals surface area contributed by atoms with Crippen molar-refractivity contribution in [2.45, 2.75) is 49.2 Å². The number of amides is 2. The summed E-state index contributed by atoms with van der Waals surface area (Å²) in [5.41, 5.74) is 0.976. The Balaban J connectivity index is 1.65. The predicted octanol–water partition coefficient (Wildman–Crippen LogP) is 0.834. The maximum atomic E-state index is 12.8. The van der Waals surface area contributed by atoms with Crippen molar-refractivity contribution in [3.05, 3.63) is 35.9 Å². The number of ether oxygens (including phenoxy) is 1. The predicted molar refractivity (Wildman–Crippen MR) is 96.7 cm³/mol.